The van der Waals surface area contributed by atoms with Gasteiger partial charge in [0.05, 0.1) is 32.1 Å². The Kier molecular flexibility index (Phi) is 4.95. The second-order valence-electron chi connectivity index (χ2n) is 6.11. The molecule has 1 atom stereocenters. The lowest BCUT2D eigenvalue weighted by molar-refractivity contribution is 0.0999. The van der Waals surface area contributed by atoms with E-state index in [9.17, 15) is 4.79 Å². The molecule has 0 spiro atoms. The van der Waals surface area contributed by atoms with Gasteiger partial charge in [-0.1, -0.05) is 23.9 Å². The predicted octanol–water partition coefficient (Wildman–Crippen LogP) is 3.66. The van der Waals surface area contributed by atoms with E-state index in [2.05, 4.69) is 10.2 Å². The van der Waals surface area contributed by atoms with Crippen LogP contribution in [0.2, 0.25) is 0 Å². The lowest BCUT2D eigenvalue weighted by atomic mass is 10.1. The number of nitrogens with zero attached hydrogens (tertiary/aromatic N) is 2. The Hall–Kier alpha value is -3.00. The fourth-order valence-corrected chi connectivity index (χ4v) is 4.14. The number of ketones is 1. The first-order valence-corrected chi connectivity index (χ1v) is 9.45. The summed E-state index contributed by atoms with van der Waals surface area (Å²) in [5.41, 5.74) is 2.27. The van der Waals surface area contributed by atoms with E-state index in [0.717, 1.165) is 5.56 Å². The third-order valence-corrected chi connectivity index (χ3v) is 5.59. The number of thioether (sulfide) groups is 1. The highest BCUT2D eigenvalue weighted by atomic mass is 32.2. The number of hydrogen-bond donors (Lipinski definition) is 0. The van der Waals surface area contributed by atoms with Crippen LogP contribution in [0.5, 0.6) is 17.2 Å². The maximum atomic E-state index is 12.8. The fraction of sp³-hybridized carbons (Fsp3) is 0.250. The Morgan fingerprint density at radius 2 is 1.68 bits per heavy atom. The first kappa shape index (κ1) is 18.4. The van der Waals surface area contributed by atoms with Crippen molar-refractivity contribution >= 4 is 17.5 Å². The highest BCUT2D eigenvalue weighted by molar-refractivity contribution is 8.00. The monoisotopic (exact) mass is 398 g/mol. The molecule has 0 aliphatic heterocycles. The molecule has 8 heteroatoms. The number of ether oxygens (including phenoxy) is 3. The van der Waals surface area contributed by atoms with Crippen molar-refractivity contribution in [1.29, 1.82) is 0 Å². The van der Waals surface area contributed by atoms with Crippen molar-refractivity contribution in [2.24, 2.45) is 0 Å². The van der Waals surface area contributed by atoms with Gasteiger partial charge in [-0.2, -0.15) is 0 Å². The molecule has 0 radical (unpaired) electrons. The van der Waals surface area contributed by atoms with Crippen molar-refractivity contribution < 1.29 is 23.4 Å². The van der Waals surface area contributed by atoms with Crippen LogP contribution in [0.4, 0.5) is 0 Å². The Morgan fingerprint density at radius 1 is 0.964 bits per heavy atom. The first-order chi connectivity index (χ1) is 13.6. The standard InChI is InChI=1S/C20H18N2O5S/c1-24-14-7-5-4-6-12(14)19-21-22-20(27-19)28-17-9-11-8-15(25-2)16(26-3)10-13(11)18(17)23/h4-8,10,17H,9H2,1-3H3/t17-/m0/s1. The van der Waals surface area contributed by atoms with E-state index >= 15 is 0 Å². The van der Waals surface area contributed by atoms with Gasteiger partial charge >= 0.3 is 0 Å². The third-order valence-electron chi connectivity index (χ3n) is 4.56. The van der Waals surface area contributed by atoms with E-state index < -0.39 is 0 Å². The van der Waals surface area contributed by atoms with E-state index in [-0.39, 0.29) is 11.0 Å². The molecule has 0 amide bonds. The summed E-state index contributed by atoms with van der Waals surface area (Å²) in [6, 6.07) is 11.0. The van der Waals surface area contributed by atoms with Gasteiger partial charge in [0.2, 0.25) is 0 Å². The zero-order valence-corrected chi connectivity index (χ0v) is 16.4. The van der Waals surface area contributed by atoms with E-state index in [1.807, 2.05) is 30.3 Å². The quantitative estimate of drug-likeness (QED) is 0.622. The maximum Gasteiger partial charge on any atom is 0.277 e. The van der Waals surface area contributed by atoms with E-state index in [4.69, 9.17) is 18.6 Å². The van der Waals surface area contributed by atoms with E-state index in [0.29, 0.717) is 45.9 Å². The molecule has 1 aliphatic rings. The zero-order valence-electron chi connectivity index (χ0n) is 15.6. The number of rotatable bonds is 6. The predicted molar refractivity (Wildman–Crippen MR) is 104 cm³/mol. The number of carbonyl (C=O) groups is 1. The number of benzene rings is 2. The molecule has 0 unspecified atom stereocenters. The van der Waals surface area contributed by atoms with Crippen LogP contribution in [-0.2, 0) is 6.42 Å². The molecule has 2 aromatic carbocycles. The largest absolute Gasteiger partial charge is 0.496 e. The third kappa shape index (κ3) is 3.20. The molecule has 4 rings (SSSR count). The number of fused-ring (bicyclic) bond motifs is 1. The van der Waals surface area contributed by atoms with Crippen LogP contribution in [0.3, 0.4) is 0 Å². The minimum absolute atomic E-state index is 0.0120. The van der Waals surface area contributed by atoms with E-state index in [1.165, 1.54) is 11.8 Å². The average Bonchev–Trinajstić information content (AvgIpc) is 3.31. The van der Waals surface area contributed by atoms with Crippen LogP contribution in [0.1, 0.15) is 15.9 Å². The number of Topliss-reactive ketones (excluding diaryl/α,β-unsaturated/α-hetero) is 1. The molecule has 0 saturated carbocycles. The van der Waals surface area contributed by atoms with Gasteiger partial charge < -0.3 is 18.6 Å². The number of hydrogen-bond acceptors (Lipinski definition) is 8. The highest BCUT2D eigenvalue weighted by Crippen LogP contribution is 2.40. The second-order valence-corrected chi connectivity index (χ2v) is 7.27. The number of methoxy groups -OCH3 is 3. The molecule has 0 N–H and O–H groups in total. The summed E-state index contributed by atoms with van der Waals surface area (Å²) in [7, 11) is 4.71. The minimum atomic E-state index is -0.335. The van der Waals surface area contributed by atoms with Crippen LogP contribution >= 0.6 is 11.8 Å². The van der Waals surface area contributed by atoms with Gasteiger partial charge in [0.15, 0.2) is 17.3 Å². The molecule has 0 bridgehead atoms. The Balaban J connectivity index is 1.56. The van der Waals surface area contributed by atoms with Crippen LogP contribution in [0, 0.1) is 0 Å². The molecule has 7 nitrogen and oxygen atoms in total. The van der Waals surface area contributed by atoms with Gasteiger partial charge in [-0.05, 0) is 36.2 Å². The second kappa shape index (κ2) is 7.55. The van der Waals surface area contributed by atoms with Crippen molar-refractivity contribution in [1.82, 2.24) is 10.2 Å². The maximum absolute atomic E-state index is 12.8. The van der Waals surface area contributed by atoms with Crippen LogP contribution in [0.15, 0.2) is 46.0 Å². The molecule has 1 aliphatic carbocycles. The van der Waals surface area contributed by atoms with Crippen molar-refractivity contribution in [3.63, 3.8) is 0 Å². The van der Waals surface area contributed by atoms with Crippen molar-refractivity contribution in [3.8, 4) is 28.7 Å². The average molecular weight is 398 g/mol. The van der Waals surface area contributed by atoms with Gasteiger partial charge in [-0.15, -0.1) is 10.2 Å². The summed E-state index contributed by atoms with van der Waals surface area (Å²) < 4.78 is 21.7. The molecule has 1 heterocycles. The smallest absolute Gasteiger partial charge is 0.277 e. The molecule has 28 heavy (non-hydrogen) atoms. The summed E-state index contributed by atoms with van der Waals surface area (Å²) in [4.78, 5) is 12.8. The van der Waals surface area contributed by atoms with E-state index in [1.54, 1.807) is 27.4 Å². The summed E-state index contributed by atoms with van der Waals surface area (Å²) in [5.74, 6) is 2.16. The van der Waals surface area contributed by atoms with Crippen molar-refractivity contribution in [2.75, 3.05) is 21.3 Å². The molecule has 0 saturated heterocycles. The normalized spacial score (nSPS) is 15.4. The molecular formula is C20H18N2O5S. The van der Waals surface area contributed by atoms with Gasteiger partial charge in [-0.25, -0.2) is 0 Å². The van der Waals surface area contributed by atoms with Crippen LogP contribution in [0.25, 0.3) is 11.5 Å². The molecule has 144 valence electrons. The number of aromatic nitrogens is 2. The van der Waals surface area contributed by atoms with Gasteiger partial charge in [-0.3, -0.25) is 4.79 Å². The Labute approximate surface area is 166 Å². The van der Waals surface area contributed by atoms with Crippen LogP contribution < -0.4 is 14.2 Å². The topological polar surface area (TPSA) is 83.7 Å². The van der Waals surface area contributed by atoms with Gasteiger partial charge in [0.25, 0.3) is 11.1 Å². The highest BCUT2D eigenvalue weighted by Gasteiger charge is 2.34. The summed E-state index contributed by atoms with van der Waals surface area (Å²) in [6.07, 6.45) is 0.561. The minimum Gasteiger partial charge on any atom is -0.496 e. The number of carbonyl (C=O) groups excluding carboxylic acids is 1. The lowest BCUT2D eigenvalue weighted by Crippen LogP contribution is -2.11. The zero-order chi connectivity index (χ0) is 19.7. The Bertz CT molecular complexity index is 1030. The molecule has 3 aromatic rings. The van der Waals surface area contributed by atoms with Crippen LogP contribution in [-0.4, -0.2) is 42.6 Å². The Morgan fingerprint density at radius 3 is 2.43 bits per heavy atom. The molecular weight excluding hydrogens is 380 g/mol. The summed E-state index contributed by atoms with van der Waals surface area (Å²) in [6.45, 7) is 0. The SMILES string of the molecule is COc1cc2c(cc1OC)C(=O)[C@@H](Sc1nnc(-c3ccccc3OC)o1)C2. The molecule has 1 aromatic heterocycles. The fourth-order valence-electron chi connectivity index (χ4n) is 3.19. The molecule has 0 fully saturated rings. The van der Waals surface area contributed by atoms with Gasteiger partial charge in [0.1, 0.15) is 5.75 Å². The van der Waals surface area contributed by atoms with Gasteiger partial charge in [0, 0.05) is 5.56 Å². The van der Waals surface area contributed by atoms with Crippen molar-refractivity contribution in [3.05, 3.63) is 47.5 Å². The van der Waals surface area contributed by atoms with Crippen molar-refractivity contribution in [2.45, 2.75) is 16.9 Å². The number of para-hydroxylation sites is 1. The lowest BCUT2D eigenvalue weighted by Gasteiger charge is -2.09. The first-order valence-electron chi connectivity index (χ1n) is 8.57. The summed E-state index contributed by atoms with van der Waals surface area (Å²) >= 11 is 1.26. The summed E-state index contributed by atoms with van der Waals surface area (Å²) in [5, 5.41) is 8.19.